The molecule has 2 unspecified atom stereocenters. The first-order valence-electron chi connectivity index (χ1n) is 6.91. The molecule has 23 heavy (non-hydrogen) atoms. The summed E-state index contributed by atoms with van der Waals surface area (Å²) in [5.41, 5.74) is 0.325. The van der Waals surface area contributed by atoms with Crippen molar-refractivity contribution in [1.29, 1.82) is 5.26 Å². The van der Waals surface area contributed by atoms with E-state index in [0.717, 1.165) is 0 Å². The monoisotopic (exact) mass is 314 g/mol. The normalized spacial score (nSPS) is 13.9. The van der Waals surface area contributed by atoms with Gasteiger partial charge in [0.05, 0.1) is 18.4 Å². The number of carbonyl (C=O) groups excluding carboxylic acids is 1. The van der Waals surface area contributed by atoms with Crippen molar-refractivity contribution in [2.45, 2.75) is 19.1 Å². The van der Waals surface area contributed by atoms with E-state index in [1.807, 2.05) is 0 Å². The molecule has 0 fully saturated rings. The lowest BCUT2D eigenvalue weighted by Gasteiger charge is -2.20. The maximum atomic E-state index is 12.9. The van der Waals surface area contributed by atoms with E-state index in [2.05, 4.69) is 5.32 Å². The summed E-state index contributed by atoms with van der Waals surface area (Å²) < 4.78 is 17.9. The molecule has 0 aliphatic rings. The lowest BCUT2D eigenvalue weighted by molar-refractivity contribution is -0.118. The smallest absolute Gasteiger partial charge is 0.262 e. The molecule has 0 radical (unpaired) electrons. The van der Waals surface area contributed by atoms with E-state index in [4.69, 9.17) is 9.68 Å². The van der Waals surface area contributed by atoms with E-state index in [9.17, 15) is 14.3 Å². The average Bonchev–Trinajstić information content (AvgIpc) is 3.05. The van der Waals surface area contributed by atoms with Crippen LogP contribution < -0.4 is 5.32 Å². The number of hydrogen-bond acceptors (Lipinski definition) is 4. The summed E-state index contributed by atoms with van der Waals surface area (Å²) in [5, 5.41) is 21.8. The third kappa shape index (κ3) is 4.28. The minimum Gasteiger partial charge on any atom is -0.465 e. The van der Waals surface area contributed by atoms with Crippen LogP contribution in [0.25, 0.3) is 6.08 Å². The number of amides is 1. The lowest BCUT2D eigenvalue weighted by atomic mass is 10.0. The van der Waals surface area contributed by atoms with Gasteiger partial charge >= 0.3 is 0 Å². The van der Waals surface area contributed by atoms with Crippen LogP contribution in [0.2, 0.25) is 0 Å². The fraction of sp³-hybridized carbons (Fsp3) is 0.176. The van der Waals surface area contributed by atoms with Crippen LogP contribution in [-0.4, -0.2) is 17.1 Å². The summed E-state index contributed by atoms with van der Waals surface area (Å²) >= 11 is 0. The Kier molecular flexibility index (Phi) is 5.28. The van der Waals surface area contributed by atoms with E-state index < -0.39 is 23.9 Å². The summed E-state index contributed by atoms with van der Waals surface area (Å²) in [6.45, 7) is 1.59. The van der Waals surface area contributed by atoms with Crippen LogP contribution in [-0.2, 0) is 4.79 Å². The van der Waals surface area contributed by atoms with Crippen LogP contribution in [0.4, 0.5) is 4.39 Å². The molecule has 0 bridgehead atoms. The molecule has 6 heteroatoms. The second-order valence-corrected chi connectivity index (χ2v) is 4.94. The Bertz CT molecular complexity index is 730. The summed E-state index contributed by atoms with van der Waals surface area (Å²) in [7, 11) is 0. The van der Waals surface area contributed by atoms with Crippen LogP contribution in [0, 0.1) is 17.1 Å². The SMILES string of the molecule is CC(NC(=O)/C(C#N)=C/c1ccco1)C(O)c1ccc(F)cc1. The van der Waals surface area contributed by atoms with Crippen LogP contribution in [0.1, 0.15) is 24.4 Å². The highest BCUT2D eigenvalue weighted by atomic mass is 19.1. The third-order valence-electron chi connectivity index (χ3n) is 3.24. The fourth-order valence-corrected chi connectivity index (χ4v) is 1.98. The van der Waals surface area contributed by atoms with Crippen LogP contribution in [0.15, 0.2) is 52.7 Å². The molecular formula is C17H15FN2O3. The molecule has 2 N–H and O–H groups in total. The summed E-state index contributed by atoms with van der Waals surface area (Å²) in [6, 6.07) is 9.70. The number of rotatable bonds is 5. The number of hydrogen-bond donors (Lipinski definition) is 2. The molecule has 0 aliphatic carbocycles. The van der Waals surface area contributed by atoms with Gasteiger partial charge in [-0.1, -0.05) is 12.1 Å². The van der Waals surface area contributed by atoms with Gasteiger partial charge in [-0.3, -0.25) is 4.79 Å². The van der Waals surface area contributed by atoms with E-state index >= 15 is 0 Å². The minimum absolute atomic E-state index is 0.141. The summed E-state index contributed by atoms with van der Waals surface area (Å²) in [5.74, 6) is -0.660. The molecule has 1 amide bonds. The Morgan fingerprint density at radius 3 is 2.65 bits per heavy atom. The number of nitrogens with one attached hydrogen (secondary N) is 1. The first-order valence-corrected chi connectivity index (χ1v) is 6.91. The number of carbonyl (C=O) groups is 1. The molecule has 1 aromatic heterocycles. The van der Waals surface area contributed by atoms with E-state index in [0.29, 0.717) is 11.3 Å². The van der Waals surface area contributed by atoms with Gasteiger partial charge in [0.2, 0.25) is 0 Å². The number of benzene rings is 1. The predicted octanol–water partition coefficient (Wildman–Crippen LogP) is 2.56. The zero-order chi connectivity index (χ0) is 16.8. The van der Waals surface area contributed by atoms with Gasteiger partial charge in [-0.2, -0.15) is 5.26 Å². The number of nitrogens with zero attached hydrogens (tertiary/aromatic N) is 1. The Hall–Kier alpha value is -2.91. The van der Waals surface area contributed by atoms with Crippen molar-refractivity contribution in [3.8, 4) is 6.07 Å². The van der Waals surface area contributed by atoms with Crippen molar-refractivity contribution in [2.24, 2.45) is 0 Å². The van der Waals surface area contributed by atoms with E-state index in [1.165, 1.54) is 36.6 Å². The topological polar surface area (TPSA) is 86.3 Å². The van der Waals surface area contributed by atoms with Crippen LogP contribution in [0.5, 0.6) is 0 Å². The third-order valence-corrected chi connectivity index (χ3v) is 3.24. The second-order valence-electron chi connectivity index (χ2n) is 4.94. The Labute approximate surface area is 132 Å². The van der Waals surface area contributed by atoms with Gasteiger partial charge in [-0.25, -0.2) is 4.39 Å². The van der Waals surface area contributed by atoms with Crippen LogP contribution in [0.3, 0.4) is 0 Å². The quantitative estimate of drug-likeness (QED) is 0.656. The van der Waals surface area contributed by atoms with Crippen molar-refractivity contribution in [3.05, 3.63) is 65.4 Å². The number of aliphatic hydroxyl groups is 1. The summed E-state index contributed by atoms with van der Waals surface area (Å²) in [4.78, 5) is 12.1. The zero-order valence-corrected chi connectivity index (χ0v) is 12.4. The molecule has 118 valence electrons. The van der Waals surface area contributed by atoms with Gasteiger partial charge in [0.15, 0.2) is 0 Å². The van der Waals surface area contributed by atoms with Crippen molar-refractivity contribution < 1.29 is 18.7 Å². The highest BCUT2D eigenvalue weighted by Gasteiger charge is 2.20. The van der Waals surface area contributed by atoms with Crippen molar-refractivity contribution in [3.63, 3.8) is 0 Å². The molecule has 0 saturated carbocycles. The molecular weight excluding hydrogens is 299 g/mol. The first-order chi connectivity index (χ1) is 11.0. The second kappa shape index (κ2) is 7.38. The van der Waals surface area contributed by atoms with Crippen molar-refractivity contribution in [2.75, 3.05) is 0 Å². The molecule has 2 atom stereocenters. The average molecular weight is 314 g/mol. The maximum Gasteiger partial charge on any atom is 0.262 e. The molecule has 0 aliphatic heterocycles. The molecule has 1 heterocycles. The number of nitriles is 1. The predicted molar refractivity (Wildman–Crippen MR) is 81.3 cm³/mol. The minimum atomic E-state index is -1.02. The molecule has 0 saturated heterocycles. The molecule has 2 aromatic rings. The van der Waals surface area contributed by atoms with Gasteiger partial charge in [0.25, 0.3) is 5.91 Å². The maximum absolute atomic E-state index is 12.9. The Balaban J connectivity index is 2.06. The van der Waals surface area contributed by atoms with Crippen molar-refractivity contribution in [1.82, 2.24) is 5.32 Å². The fourth-order valence-electron chi connectivity index (χ4n) is 1.98. The molecule has 5 nitrogen and oxygen atoms in total. The highest BCUT2D eigenvalue weighted by Crippen LogP contribution is 2.17. The highest BCUT2D eigenvalue weighted by molar-refractivity contribution is 6.01. The number of furan rings is 1. The van der Waals surface area contributed by atoms with Gasteiger partial charge in [-0.15, -0.1) is 0 Å². The summed E-state index contributed by atoms with van der Waals surface area (Å²) in [6.07, 6.45) is 1.72. The number of halogens is 1. The van der Waals surface area contributed by atoms with Gasteiger partial charge in [0.1, 0.15) is 23.2 Å². The Morgan fingerprint density at radius 2 is 2.09 bits per heavy atom. The van der Waals surface area contributed by atoms with Gasteiger partial charge in [0, 0.05) is 6.08 Å². The van der Waals surface area contributed by atoms with Crippen molar-refractivity contribution >= 4 is 12.0 Å². The standard InChI is InChI=1S/C17H15FN2O3/c1-11(16(21)12-4-6-14(18)7-5-12)20-17(22)13(10-19)9-15-3-2-8-23-15/h2-9,11,16,21H,1H3,(H,20,22)/b13-9+. The van der Waals surface area contributed by atoms with Crippen LogP contribution >= 0.6 is 0 Å². The molecule has 2 rings (SSSR count). The zero-order valence-electron chi connectivity index (χ0n) is 12.4. The van der Waals surface area contributed by atoms with Gasteiger partial charge < -0.3 is 14.8 Å². The number of aliphatic hydroxyl groups excluding tert-OH is 1. The molecule has 1 aromatic carbocycles. The Morgan fingerprint density at radius 1 is 1.39 bits per heavy atom. The lowest BCUT2D eigenvalue weighted by Crippen LogP contribution is -2.37. The van der Waals surface area contributed by atoms with E-state index in [-0.39, 0.29) is 5.57 Å². The largest absolute Gasteiger partial charge is 0.465 e. The van der Waals surface area contributed by atoms with Gasteiger partial charge in [-0.05, 0) is 36.8 Å². The molecule has 0 spiro atoms. The van der Waals surface area contributed by atoms with E-state index in [1.54, 1.807) is 25.1 Å². The first kappa shape index (κ1) is 16.5.